The molecule has 4 nitrogen and oxygen atoms in total. The summed E-state index contributed by atoms with van der Waals surface area (Å²) in [5.74, 6) is 0.696. The number of carbonyl (C=O) groups is 1. The van der Waals surface area contributed by atoms with Crippen LogP contribution in [0.3, 0.4) is 0 Å². The third-order valence-corrected chi connectivity index (χ3v) is 3.40. The lowest BCUT2D eigenvalue weighted by Gasteiger charge is -2.22. The Morgan fingerprint density at radius 1 is 1.58 bits per heavy atom. The number of amides is 1. The Morgan fingerprint density at radius 3 is 3.11 bits per heavy atom. The lowest BCUT2D eigenvalue weighted by molar-refractivity contribution is -0.120. The van der Waals surface area contributed by atoms with Gasteiger partial charge in [-0.1, -0.05) is 11.6 Å². The van der Waals surface area contributed by atoms with Crippen LogP contribution >= 0.6 is 11.6 Å². The third kappa shape index (κ3) is 3.85. The molecule has 0 saturated carbocycles. The normalized spacial score (nSPS) is 18.9. The van der Waals surface area contributed by atoms with E-state index in [0.29, 0.717) is 23.1 Å². The minimum atomic E-state index is 0.0159. The van der Waals surface area contributed by atoms with Crippen molar-refractivity contribution in [3.8, 4) is 5.75 Å². The Hall–Kier alpha value is -1.26. The van der Waals surface area contributed by atoms with Crippen LogP contribution in [-0.4, -0.2) is 25.6 Å². The molecule has 1 aromatic carbocycles. The largest absolute Gasteiger partial charge is 0.492 e. The fourth-order valence-corrected chi connectivity index (χ4v) is 2.36. The van der Waals surface area contributed by atoms with Crippen molar-refractivity contribution in [3.05, 3.63) is 23.2 Å². The molecule has 1 aliphatic rings. The van der Waals surface area contributed by atoms with Gasteiger partial charge in [0.05, 0.1) is 18.2 Å². The molecule has 0 unspecified atom stereocenters. The summed E-state index contributed by atoms with van der Waals surface area (Å²) in [5.41, 5.74) is 0.643. The lowest BCUT2D eigenvalue weighted by atomic mass is 9.99. The van der Waals surface area contributed by atoms with Gasteiger partial charge < -0.3 is 15.4 Å². The Morgan fingerprint density at radius 2 is 2.42 bits per heavy atom. The second-order valence-electron chi connectivity index (χ2n) is 4.61. The number of benzene rings is 1. The second-order valence-corrected chi connectivity index (χ2v) is 5.04. The van der Waals surface area contributed by atoms with Crippen molar-refractivity contribution in [1.29, 1.82) is 0 Å². The van der Waals surface area contributed by atoms with Crippen LogP contribution in [0.1, 0.15) is 19.8 Å². The molecule has 1 saturated heterocycles. The number of halogens is 1. The van der Waals surface area contributed by atoms with Crippen LogP contribution in [-0.2, 0) is 4.79 Å². The van der Waals surface area contributed by atoms with Crippen LogP contribution < -0.4 is 15.4 Å². The number of rotatable bonds is 4. The summed E-state index contributed by atoms with van der Waals surface area (Å²) in [7, 11) is 0. The summed E-state index contributed by atoms with van der Waals surface area (Å²) >= 11 is 5.97. The predicted molar refractivity (Wildman–Crippen MR) is 76.8 cm³/mol. The molecule has 19 heavy (non-hydrogen) atoms. The zero-order valence-corrected chi connectivity index (χ0v) is 11.8. The summed E-state index contributed by atoms with van der Waals surface area (Å²) in [6.45, 7) is 4.18. The zero-order valence-electron chi connectivity index (χ0n) is 11.0. The van der Waals surface area contributed by atoms with Crippen molar-refractivity contribution < 1.29 is 9.53 Å². The van der Waals surface area contributed by atoms with E-state index in [-0.39, 0.29) is 11.8 Å². The first-order chi connectivity index (χ1) is 9.20. The van der Waals surface area contributed by atoms with Gasteiger partial charge in [-0.3, -0.25) is 4.79 Å². The quantitative estimate of drug-likeness (QED) is 0.893. The molecule has 0 aliphatic carbocycles. The number of anilines is 1. The van der Waals surface area contributed by atoms with Crippen LogP contribution in [0.5, 0.6) is 5.75 Å². The molecule has 1 heterocycles. The molecular weight excluding hydrogens is 264 g/mol. The van der Waals surface area contributed by atoms with Crippen LogP contribution in [0.15, 0.2) is 18.2 Å². The summed E-state index contributed by atoms with van der Waals surface area (Å²) in [6, 6.07) is 5.26. The minimum Gasteiger partial charge on any atom is -0.492 e. The molecule has 1 aromatic rings. The predicted octanol–water partition coefficient (Wildman–Crippen LogP) is 2.68. The highest BCUT2D eigenvalue weighted by atomic mass is 35.5. The standard InChI is InChI=1S/C14H19ClN2O2/c1-2-19-13-6-5-11(15)8-12(13)17-14(18)10-4-3-7-16-9-10/h5-6,8,10,16H,2-4,7,9H2,1H3,(H,17,18)/t10-/m0/s1. The van der Waals surface area contributed by atoms with Crippen molar-refractivity contribution in [1.82, 2.24) is 5.32 Å². The average molecular weight is 283 g/mol. The SMILES string of the molecule is CCOc1ccc(Cl)cc1NC(=O)[C@H]1CCCNC1. The van der Waals surface area contributed by atoms with Crippen LogP contribution in [0, 0.1) is 5.92 Å². The van der Waals surface area contributed by atoms with Crippen molar-refractivity contribution >= 4 is 23.2 Å². The number of piperidine rings is 1. The number of nitrogens with one attached hydrogen (secondary N) is 2. The first-order valence-corrected chi connectivity index (χ1v) is 7.02. The highest BCUT2D eigenvalue weighted by Crippen LogP contribution is 2.28. The van der Waals surface area contributed by atoms with E-state index < -0.39 is 0 Å². The van der Waals surface area contributed by atoms with Gasteiger partial charge in [0.25, 0.3) is 0 Å². The van der Waals surface area contributed by atoms with Crippen LogP contribution in [0.25, 0.3) is 0 Å². The molecular formula is C14H19ClN2O2. The second kappa shape index (κ2) is 6.78. The molecule has 2 N–H and O–H groups in total. The van der Waals surface area contributed by atoms with E-state index in [0.717, 1.165) is 25.9 Å². The Bertz CT molecular complexity index is 445. The van der Waals surface area contributed by atoms with Crippen molar-refractivity contribution in [2.24, 2.45) is 5.92 Å². The van der Waals surface area contributed by atoms with Gasteiger partial charge in [-0.2, -0.15) is 0 Å². The molecule has 0 aromatic heterocycles. The molecule has 1 atom stereocenters. The van der Waals surface area contributed by atoms with Crippen molar-refractivity contribution in [3.63, 3.8) is 0 Å². The lowest BCUT2D eigenvalue weighted by Crippen LogP contribution is -2.37. The molecule has 0 bridgehead atoms. The minimum absolute atomic E-state index is 0.0159. The first kappa shape index (κ1) is 14.2. The number of ether oxygens (including phenoxy) is 1. The average Bonchev–Trinajstić information content (AvgIpc) is 2.43. The van der Waals surface area contributed by atoms with E-state index in [9.17, 15) is 4.79 Å². The number of carbonyl (C=O) groups excluding carboxylic acids is 1. The molecule has 0 radical (unpaired) electrons. The molecule has 0 spiro atoms. The zero-order chi connectivity index (χ0) is 13.7. The van der Waals surface area contributed by atoms with E-state index in [1.807, 2.05) is 6.92 Å². The molecule has 5 heteroatoms. The number of hydrogen-bond acceptors (Lipinski definition) is 3. The van der Waals surface area contributed by atoms with Gasteiger partial charge in [-0.05, 0) is 44.5 Å². The Kier molecular flexibility index (Phi) is 5.05. The van der Waals surface area contributed by atoms with Gasteiger partial charge in [0.2, 0.25) is 5.91 Å². The van der Waals surface area contributed by atoms with E-state index in [1.54, 1.807) is 18.2 Å². The van der Waals surface area contributed by atoms with Gasteiger partial charge in [-0.25, -0.2) is 0 Å². The molecule has 1 fully saturated rings. The van der Waals surface area contributed by atoms with Crippen molar-refractivity contribution in [2.75, 3.05) is 25.0 Å². The molecule has 2 rings (SSSR count). The molecule has 1 amide bonds. The maximum Gasteiger partial charge on any atom is 0.228 e. The number of hydrogen-bond donors (Lipinski definition) is 2. The van der Waals surface area contributed by atoms with Gasteiger partial charge in [0.15, 0.2) is 0 Å². The first-order valence-electron chi connectivity index (χ1n) is 6.64. The van der Waals surface area contributed by atoms with E-state index >= 15 is 0 Å². The summed E-state index contributed by atoms with van der Waals surface area (Å²) in [5, 5.41) is 6.74. The van der Waals surface area contributed by atoms with E-state index in [4.69, 9.17) is 16.3 Å². The maximum absolute atomic E-state index is 12.2. The Labute approximate surface area is 118 Å². The van der Waals surface area contributed by atoms with E-state index in [1.165, 1.54) is 0 Å². The van der Waals surface area contributed by atoms with Crippen LogP contribution in [0.2, 0.25) is 5.02 Å². The van der Waals surface area contributed by atoms with Gasteiger partial charge in [0.1, 0.15) is 5.75 Å². The fourth-order valence-electron chi connectivity index (χ4n) is 2.19. The third-order valence-electron chi connectivity index (χ3n) is 3.17. The highest BCUT2D eigenvalue weighted by Gasteiger charge is 2.21. The van der Waals surface area contributed by atoms with Crippen molar-refractivity contribution in [2.45, 2.75) is 19.8 Å². The molecule has 1 aliphatic heterocycles. The van der Waals surface area contributed by atoms with Gasteiger partial charge in [-0.15, -0.1) is 0 Å². The summed E-state index contributed by atoms with van der Waals surface area (Å²) in [6.07, 6.45) is 1.95. The summed E-state index contributed by atoms with van der Waals surface area (Å²) < 4.78 is 5.49. The fraction of sp³-hybridized carbons (Fsp3) is 0.500. The highest BCUT2D eigenvalue weighted by molar-refractivity contribution is 6.31. The van der Waals surface area contributed by atoms with E-state index in [2.05, 4.69) is 10.6 Å². The molecule has 104 valence electrons. The maximum atomic E-state index is 12.2. The van der Waals surface area contributed by atoms with Crippen LogP contribution in [0.4, 0.5) is 5.69 Å². The topological polar surface area (TPSA) is 50.4 Å². The Balaban J connectivity index is 2.08. The van der Waals surface area contributed by atoms with Gasteiger partial charge >= 0.3 is 0 Å². The van der Waals surface area contributed by atoms with Gasteiger partial charge in [0, 0.05) is 11.6 Å². The monoisotopic (exact) mass is 282 g/mol. The summed E-state index contributed by atoms with van der Waals surface area (Å²) in [4.78, 5) is 12.2. The smallest absolute Gasteiger partial charge is 0.228 e.